The fraction of sp³-hybridized carbons (Fsp3) is 0.600. The highest BCUT2D eigenvalue weighted by Gasteiger charge is 2.27. The number of halogens is 3. The Kier molecular flexibility index (Phi) is 6.49. The third-order valence-electron chi connectivity index (χ3n) is 3.00. The number of benzene rings is 1. The molecule has 0 bridgehead atoms. The van der Waals surface area contributed by atoms with Gasteiger partial charge in [0.2, 0.25) is 0 Å². The summed E-state index contributed by atoms with van der Waals surface area (Å²) in [5, 5.41) is 3.22. The van der Waals surface area contributed by atoms with E-state index in [-0.39, 0.29) is 12.1 Å². The first-order valence-corrected chi connectivity index (χ1v) is 6.72. The molecule has 0 saturated carbocycles. The third-order valence-corrected chi connectivity index (χ3v) is 3.00. The summed E-state index contributed by atoms with van der Waals surface area (Å²) in [7, 11) is 0. The van der Waals surface area contributed by atoms with Crippen molar-refractivity contribution in [3.05, 3.63) is 35.9 Å². The molecule has 0 unspecified atom stereocenters. The molecule has 0 fully saturated rings. The summed E-state index contributed by atoms with van der Waals surface area (Å²) < 4.78 is 40.2. The largest absolute Gasteiger partial charge is 0.411 e. The SMILES string of the molecule is CC(C)(CCc1ccccc1)NCCOCC(F)(F)F. The number of nitrogens with one attached hydrogen (secondary N) is 1. The van der Waals surface area contributed by atoms with Gasteiger partial charge in [0.25, 0.3) is 0 Å². The average Bonchev–Trinajstić information content (AvgIpc) is 2.36. The highest BCUT2D eigenvalue weighted by atomic mass is 19.4. The van der Waals surface area contributed by atoms with Crippen LogP contribution in [0.5, 0.6) is 0 Å². The van der Waals surface area contributed by atoms with Gasteiger partial charge in [-0.15, -0.1) is 0 Å². The first-order chi connectivity index (χ1) is 9.29. The number of aryl methyl sites for hydroxylation is 1. The molecular formula is C15H22F3NO. The van der Waals surface area contributed by atoms with E-state index in [4.69, 9.17) is 0 Å². The van der Waals surface area contributed by atoms with Crippen LogP contribution in [0.1, 0.15) is 25.8 Å². The monoisotopic (exact) mass is 289 g/mol. The zero-order valence-electron chi connectivity index (χ0n) is 12.0. The van der Waals surface area contributed by atoms with Crippen LogP contribution >= 0.6 is 0 Å². The second-order valence-electron chi connectivity index (χ2n) is 5.46. The van der Waals surface area contributed by atoms with Crippen LogP contribution in [0.15, 0.2) is 30.3 Å². The van der Waals surface area contributed by atoms with Crippen LogP contribution in [0.3, 0.4) is 0 Å². The number of rotatable bonds is 8. The van der Waals surface area contributed by atoms with E-state index in [2.05, 4.69) is 22.2 Å². The molecule has 0 saturated heterocycles. The molecule has 0 aromatic heterocycles. The van der Waals surface area contributed by atoms with E-state index in [1.54, 1.807) is 0 Å². The fourth-order valence-corrected chi connectivity index (χ4v) is 1.84. The molecule has 20 heavy (non-hydrogen) atoms. The van der Waals surface area contributed by atoms with Crippen molar-refractivity contribution < 1.29 is 17.9 Å². The smallest absolute Gasteiger partial charge is 0.371 e. The molecule has 1 N–H and O–H groups in total. The zero-order chi connectivity index (χ0) is 15.1. The van der Waals surface area contributed by atoms with Crippen LogP contribution in [-0.4, -0.2) is 31.5 Å². The molecule has 5 heteroatoms. The summed E-state index contributed by atoms with van der Waals surface area (Å²) in [5.74, 6) is 0. The quantitative estimate of drug-likeness (QED) is 0.739. The van der Waals surface area contributed by atoms with E-state index in [0.29, 0.717) is 6.54 Å². The van der Waals surface area contributed by atoms with Gasteiger partial charge >= 0.3 is 6.18 Å². The summed E-state index contributed by atoms with van der Waals surface area (Å²) in [4.78, 5) is 0. The summed E-state index contributed by atoms with van der Waals surface area (Å²) in [6, 6.07) is 10.1. The first-order valence-electron chi connectivity index (χ1n) is 6.72. The van der Waals surface area contributed by atoms with Crippen molar-refractivity contribution in [3.8, 4) is 0 Å². The molecule has 0 atom stereocenters. The summed E-state index contributed by atoms with van der Waals surface area (Å²) in [6.07, 6.45) is -2.40. The van der Waals surface area contributed by atoms with Crippen molar-refractivity contribution in [2.75, 3.05) is 19.8 Å². The standard InChI is InChI=1S/C15H22F3NO/c1-14(2,9-8-13-6-4-3-5-7-13)19-10-11-20-12-15(16,17)18/h3-7,19H,8-12H2,1-2H3. The maximum absolute atomic E-state index is 11.9. The molecule has 0 spiro atoms. The molecule has 0 heterocycles. The first kappa shape index (κ1) is 17.0. The van der Waals surface area contributed by atoms with Crippen LogP contribution < -0.4 is 5.32 Å². The molecule has 114 valence electrons. The van der Waals surface area contributed by atoms with E-state index < -0.39 is 12.8 Å². The fourth-order valence-electron chi connectivity index (χ4n) is 1.84. The molecule has 0 aliphatic heterocycles. The van der Waals surface area contributed by atoms with Crippen LogP contribution in [0.2, 0.25) is 0 Å². The maximum atomic E-state index is 11.9. The van der Waals surface area contributed by atoms with Crippen LogP contribution in [0, 0.1) is 0 Å². The van der Waals surface area contributed by atoms with Crippen LogP contribution in [-0.2, 0) is 11.2 Å². The van der Waals surface area contributed by atoms with Crippen molar-refractivity contribution >= 4 is 0 Å². The van der Waals surface area contributed by atoms with E-state index in [0.717, 1.165) is 12.8 Å². The minimum absolute atomic E-state index is 0.0638. The number of alkyl halides is 3. The Labute approximate surface area is 118 Å². The molecule has 0 aliphatic rings. The molecule has 1 rings (SSSR count). The van der Waals surface area contributed by atoms with Gasteiger partial charge in [-0.25, -0.2) is 0 Å². The lowest BCUT2D eigenvalue weighted by atomic mass is 9.95. The normalized spacial score (nSPS) is 12.7. The van der Waals surface area contributed by atoms with Crippen LogP contribution in [0.25, 0.3) is 0 Å². The Bertz CT molecular complexity index is 376. The molecule has 0 aliphatic carbocycles. The minimum Gasteiger partial charge on any atom is -0.371 e. The lowest BCUT2D eigenvalue weighted by Gasteiger charge is -2.26. The molecular weight excluding hydrogens is 267 g/mol. The average molecular weight is 289 g/mol. The third kappa shape index (κ3) is 8.17. The van der Waals surface area contributed by atoms with Crippen molar-refractivity contribution in [1.82, 2.24) is 5.32 Å². The van der Waals surface area contributed by atoms with Gasteiger partial charge in [-0.1, -0.05) is 30.3 Å². The van der Waals surface area contributed by atoms with Crippen LogP contribution in [0.4, 0.5) is 13.2 Å². The lowest BCUT2D eigenvalue weighted by molar-refractivity contribution is -0.173. The van der Waals surface area contributed by atoms with Crippen molar-refractivity contribution in [2.24, 2.45) is 0 Å². The van der Waals surface area contributed by atoms with E-state index in [1.165, 1.54) is 5.56 Å². The predicted molar refractivity (Wildman–Crippen MR) is 73.7 cm³/mol. The van der Waals surface area contributed by atoms with Gasteiger partial charge in [0.05, 0.1) is 6.61 Å². The van der Waals surface area contributed by atoms with E-state index >= 15 is 0 Å². The van der Waals surface area contributed by atoms with Gasteiger partial charge < -0.3 is 10.1 Å². The van der Waals surface area contributed by atoms with Gasteiger partial charge in [0.15, 0.2) is 0 Å². The summed E-state index contributed by atoms with van der Waals surface area (Å²) >= 11 is 0. The number of ether oxygens (including phenoxy) is 1. The van der Waals surface area contributed by atoms with Gasteiger partial charge in [-0.2, -0.15) is 13.2 Å². The molecule has 1 aromatic rings. The molecule has 0 radical (unpaired) electrons. The Morgan fingerprint density at radius 1 is 1.10 bits per heavy atom. The topological polar surface area (TPSA) is 21.3 Å². The van der Waals surface area contributed by atoms with E-state index in [1.807, 2.05) is 32.0 Å². The Balaban J connectivity index is 2.18. The van der Waals surface area contributed by atoms with Gasteiger partial charge in [-0.3, -0.25) is 0 Å². The summed E-state index contributed by atoms with van der Waals surface area (Å²) in [6.45, 7) is 3.38. The minimum atomic E-state index is -4.25. The molecule has 2 nitrogen and oxygen atoms in total. The van der Waals surface area contributed by atoms with Gasteiger partial charge in [0.1, 0.15) is 6.61 Å². The highest BCUT2D eigenvalue weighted by Crippen LogP contribution is 2.15. The Hall–Kier alpha value is -1.07. The number of hydrogen-bond donors (Lipinski definition) is 1. The molecule has 0 amide bonds. The van der Waals surface area contributed by atoms with Gasteiger partial charge in [0, 0.05) is 12.1 Å². The lowest BCUT2D eigenvalue weighted by Crippen LogP contribution is -2.41. The van der Waals surface area contributed by atoms with Crippen molar-refractivity contribution in [2.45, 2.75) is 38.4 Å². The van der Waals surface area contributed by atoms with Gasteiger partial charge in [-0.05, 0) is 32.3 Å². The zero-order valence-corrected chi connectivity index (χ0v) is 12.0. The number of hydrogen-bond acceptors (Lipinski definition) is 2. The van der Waals surface area contributed by atoms with E-state index in [9.17, 15) is 13.2 Å². The predicted octanol–water partition coefficient (Wildman–Crippen LogP) is 3.57. The molecule has 1 aromatic carbocycles. The van der Waals surface area contributed by atoms with Crippen molar-refractivity contribution in [1.29, 1.82) is 0 Å². The Morgan fingerprint density at radius 2 is 1.75 bits per heavy atom. The summed E-state index contributed by atoms with van der Waals surface area (Å²) in [5.41, 5.74) is 1.13. The second kappa shape index (κ2) is 7.64. The maximum Gasteiger partial charge on any atom is 0.411 e. The van der Waals surface area contributed by atoms with Crippen molar-refractivity contribution in [3.63, 3.8) is 0 Å². The highest BCUT2D eigenvalue weighted by molar-refractivity contribution is 5.15. The Morgan fingerprint density at radius 3 is 2.35 bits per heavy atom. The second-order valence-corrected chi connectivity index (χ2v) is 5.46.